The molecule has 1 aromatic heterocycles. The number of hydrogen-bond donors (Lipinski definition) is 0. The van der Waals surface area contributed by atoms with E-state index >= 15 is 0 Å². The van der Waals surface area contributed by atoms with Crippen LogP contribution in [0.5, 0.6) is 0 Å². The van der Waals surface area contributed by atoms with E-state index in [1.807, 2.05) is 18.2 Å². The van der Waals surface area contributed by atoms with Crippen LogP contribution in [0.15, 0.2) is 46.9 Å². The lowest BCUT2D eigenvalue weighted by molar-refractivity contribution is 0.611. The summed E-state index contributed by atoms with van der Waals surface area (Å²) in [5, 5.41) is 0. The van der Waals surface area contributed by atoms with Gasteiger partial charge in [-0.3, -0.25) is 0 Å². The van der Waals surface area contributed by atoms with Crippen LogP contribution in [0.3, 0.4) is 0 Å². The van der Waals surface area contributed by atoms with Gasteiger partial charge >= 0.3 is 0 Å². The number of halogens is 1. The normalized spacial score (nSPS) is 11.0. The van der Waals surface area contributed by atoms with Gasteiger partial charge in [0, 0.05) is 5.56 Å². The second-order valence-corrected chi connectivity index (χ2v) is 4.18. The predicted octanol–water partition coefficient (Wildman–Crippen LogP) is 4.20. The maximum absolute atomic E-state index is 13.2. The van der Waals surface area contributed by atoms with Crippen molar-refractivity contribution in [1.29, 1.82) is 0 Å². The number of oxazole rings is 1. The van der Waals surface area contributed by atoms with Crippen molar-refractivity contribution < 1.29 is 8.81 Å². The van der Waals surface area contributed by atoms with Gasteiger partial charge in [0.15, 0.2) is 5.58 Å². The van der Waals surface area contributed by atoms with E-state index in [1.165, 1.54) is 17.7 Å². The average molecular weight is 241 g/mol. The van der Waals surface area contributed by atoms with Crippen LogP contribution in [0.4, 0.5) is 4.39 Å². The molecule has 0 N–H and O–H groups in total. The molecule has 0 saturated carbocycles. The lowest BCUT2D eigenvalue weighted by Gasteiger charge is -1.93. The number of fused-ring (bicyclic) bond motifs is 1. The Kier molecular flexibility index (Phi) is 2.59. The maximum Gasteiger partial charge on any atom is 0.227 e. The van der Waals surface area contributed by atoms with Crippen molar-refractivity contribution in [3.8, 4) is 11.5 Å². The van der Waals surface area contributed by atoms with E-state index in [-0.39, 0.29) is 5.82 Å². The summed E-state index contributed by atoms with van der Waals surface area (Å²) in [5.41, 5.74) is 3.41. The molecule has 0 amide bonds. The van der Waals surface area contributed by atoms with Crippen molar-refractivity contribution >= 4 is 11.1 Å². The predicted molar refractivity (Wildman–Crippen MR) is 68.8 cm³/mol. The van der Waals surface area contributed by atoms with Gasteiger partial charge in [-0.05, 0) is 42.3 Å². The molecule has 0 aliphatic heterocycles. The highest BCUT2D eigenvalue weighted by molar-refractivity contribution is 5.76. The zero-order chi connectivity index (χ0) is 12.5. The molecule has 0 saturated heterocycles. The molecule has 0 spiro atoms. The van der Waals surface area contributed by atoms with Gasteiger partial charge in [0.1, 0.15) is 11.3 Å². The molecule has 3 heteroatoms. The second-order valence-electron chi connectivity index (χ2n) is 4.18. The van der Waals surface area contributed by atoms with Crippen LogP contribution in [0.2, 0.25) is 0 Å². The third-order valence-corrected chi connectivity index (χ3v) is 2.93. The summed E-state index contributed by atoms with van der Waals surface area (Å²) in [4.78, 5) is 4.40. The molecule has 0 bridgehead atoms. The summed E-state index contributed by atoms with van der Waals surface area (Å²) in [5.74, 6) is 0.168. The van der Waals surface area contributed by atoms with Crippen LogP contribution in [0.1, 0.15) is 12.5 Å². The first-order valence-corrected chi connectivity index (χ1v) is 5.91. The molecule has 1 heterocycles. The number of hydrogen-bond acceptors (Lipinski definition) is 2. The number of rotatable bonds is 2. The second kappa shape index (κ2) is 4.26. The summed E-state index contributed by atoms with van der Waals surface area (Å²) >= 11 is 0. The highest BCUT2D eigenvalue weighted by Gasteiger charge is 2.08. The van der Waals surface area contributed by atoms with Crippen LogP contribution in [-0.4, -0.2) is 4.98 Å². The van der Waals surface area contributed by atoms with Gasteiger partial charge in [-0.1, -0.05) is 19.1 Å². The van der Waals surface area contributed by atoms with Crippen molar-refractivity contribution in [3.05, 3.63) is 53.8 Å². The zero-order valence-corrected chi connectivity index (χ0v) is 9.98. The molecule has 90 valence electrons. The van der Waals surface area contributed by atoms with E-state index in [9.17, 15) is 4.39 Å². The van der Waals surface area contributed by atoms with Crippen LogP contribution in [0.25, 0.3) is 22.6 Å². The molecule has 0 unspecified atom stereocenters. The minimum absolute atomic E-state index is 0.288. The molecule has 0 aliphatic carbocycles. The van der Waals surface area contributed by atoms with Crippen molar-refractivity contribution in [2.24, 2.45) is 0 Å². The average Bonchev–Trinajstić information content (AvgIpc) is 2.81. The molecule has 0 aliphatic rings. The van der Waals surface area contributed by atoms with Gasteiger partial charge in [0.05, 0.1) is 0 Å². The molecule has 0 fully saturated rings. The Labute approximate surface area is 104 Å². The Balaban J connectivity index is 2.13. The van der Waals surface area contributed by atoms with E-state index in [0.29, 0.717) is 11.5 Å². The number of aryl methyl sites for hydroxylation is 1. The number of benzene rings is 2. The van der Waals surface area contributed by atoms with Crippen molar-refractivity contribution in [1.82, 2.24) is 4.98 Å². The maximum atomic E-state index is 13.2. The fourth-order valence-corrected chi connectivity index (χ4v) is 1.94. The van der Waals surface area contributed by atoms with E-state index < -0.39 is 0 Å². The van der Waals surface area contributed by atoms with Gasteiger partial charge in [0.2, 0.25) is 5.89 Å². The minimum atomic E-state index is -0.288. The summed E-state index contributed by atoms with van der Waals surface area (Å²) in [7, 11) is 0. The molecule has 3 rings (SSSR count). The molecule has 3 aromatic rings. The van der Waals surface area contributed by atoms with Crippen molar-refractivity contribution in [2.45, 2.75) is 13.3 Å². The monoisotopic (exact) mass is 241 g/mol. The van der Waals surface area contributed by atoms with Gasteiger partial charge in [-0.25, -0.2) is 9.37 Å². The smallest absolute Gasteiger partial charge is 0.227 e. The Morgan fingerprint density at radius 3 is 2.83 bits per heavy atom. The summed E-state index contributed by atoms with van der Waals surface area (Å²) in [6.07, 6.45) is 0.956. The number of nitrogens with zero attached hydrogens (tertiary/aromatic N) is 1. The van der Waals surface area contributed by atoms with Gasteiger partial charge in [-0.2, -0.15) is 0 Å². The van der Waals surface area contributed by atoms with Gasteiger partial charge in [0.25, 0.3) is 0 Å². The lowest BCUT2D eigenvalue weighted by atomic mass is 10.1. The third-order valence-electron chi connectivity index (χ3n) is 2.93. The van der Waals surface area contributed by atoms with E-state index in [0.717, 1.165) is 17.5 Å². The van der Waals surface area contributed by atoms with Crippen molar-refractivity contribution in [3.63, 3.8) is 0 Å². The summed E-state index contributed by atoms with van der Waals surface area (Å²) in [6, 6.07) is 12.2. The first-order valence-electron chi connectivity index (χ1n) is 5.91. The molecule has 0 radical (unpaired) electrons. The molecule has 2 nitrogen and oxygen atoms in total. The van der Waals surface area contributed by atoms with E-state index in [2.05, 4.69) is 11.9 Å². The largest absolute Gasteiger partial charge is 0.436 e. The minimum Gasteiger partial charge on any atom is -0.436 e. The topological polar surface area (TPSA) is 26.0 Å². The molecule has 2 aromatic carbocycles. The Morgan fingerprint density at radius 2 is 2.06 bits per heavy atom. The quantitative estimate of drug-likeness (QED) is 0.672. The molecular formula is C15H12FNO. The fraction of sp³-hybridized carbons (Fsp3) is 0.133. The standard InChI is InChI=1S/C15H12FNO/c1-2-10-6-7-14-13(8-10)17-15(18-14)11-4-3-5-12(16)9-11/h3-9H,2H2,1H3. The Morgan fingerprint density at radius 1 is 1.17 bits per heavy atom. The van der Waals surface area contributed by atoms with Crippen molar-refractivity contribution in [2.75, 3.05) is 0 Å². The third kappa shape index (κ3) is 1.88. The molecular weight excluding hydrogens is 229 g/mol. The first-order chi connectivity index (χ1) is 8.76. The number of aromatic nitrogens is 1. The van der Waals surface area contributed by atoms with Gasteiger partial charge in [-0.15, -0.1) is 0 Å². The zero-order valence-electron chi connectivity index (χ0n) is 9.98. The molecule has 0 atom stereocenters. The molecule has 18 heavy (non-hydrogen) atoms. The van der Waals surface area contributed by atoms with E-state index in [1.54, 1.807) is 12.1 Å². The Hall–Kier alpha value is -2.16. The van der Waals surface area contributed by atoms with Crippen LogP contribution in [-0.2, 0) is 6.42 Å². The summed E-state index contributed by atoms with van der Waals surface area (Å²) < 4.78 is 18.8. The van der Waals surface area contributed by atoms with Gasteiger partial charge < -0.3 is 4.42 Å². The SMILES string of the molecule is CCc1ccc2oc(-c3cccc(F)c3)nc2c1. The van der Waals surface area contributed by atoms with Crippen LogP contribution < -0.4 is 0 Å². The van der Waals surface area contributed by atoms with E-state index in [4.69, 9.17) is 4.42 Å². The lowest BCUT2D eigenvalue weighted by Crippen LogP contribution is -1.80. The fourth-order valence-electron chi connectivity index (χ4n) is 1.94. The highest BCUT2D eigenvalue weighted by atomic mass is 19.1. The highest BCUT2D eigenvalue weighted by Crippen LogP contribution is 2.25. The van der Waals surface area contributed by atoms with Crippen LogP contribution >= 0.6 is 0 Å². The first kappa shape index (κ1) is 11.0. The summed E-state index contributed by atoms with van der Waals surface area (Å²) in [6.45, 7) is 2.09. The Bertz CT molecular complexity index is 703. The van der Waals surface area contributed by atoms with Crippen LogP contribution in [0, 0.1) is 5.82 Å².